The number of tetrazole rings is 1. The molecule has 11 heteroatoms. The fraction of sp³-hybridized carbons (Fsp3) is 0.176. The minimum Gasteiger partial charge on any atom is -0.406 e. The first kappa shape index (κ1) is 18.3. The predicted molar refractivity (Wildman–Crippen MR) is 95.3 cm³/mol. The monoisotopic (exact) mass is 406 g/mol. The zero-order valence-corrected chi connectivity index (χ0v) is 15.3. The summed E-state index contributed by atoms with van der Waals surface area (Å²) in [5.41, 5.74) is 3.36. The third kappa shape index (κ3) is 4.09. The molecule has 0 N–H and O–H groups in total. The first-order valence-corrected chi connectivity index (χ1v) is 9.07. The summed E-state index contributed by atoms with van der Waals surface area (Å²) in [6, 6.07) is 9.27. The van der Waals surface area contributed by atoms with Gasteiger partial charge in [-0.15, -0.1) is 18.3 Å². The van der Waals surface area contributed by atoms with E-state index >= 15 is 0 Å². The van der Waals surface area contributed by atoms with Crippen LogP contribution in [-0.2, 0) is 5.75 Å². The van der Waals surface area contributed by atoms with E-state index in [0.717, 1.165) is 16.9 Å². The van der Waals surface area contributed by atoms with E-state index in [1.165, 1.54) is 40.7 Å². The number of pyridine rings is 1. The molecule has 3 heterocycles. The van der Waals surface area contributed by atoms with Crippen molar-refractivity contribution in [3.05, 3.63) is 60.0 Å². The van der Waals surface area contributed by atoms with E-state index in [1.807, 2.05) is 35.9 Å². The van der Waals surface area contributed by atoms with Gasteiger partial charge in [0.1, 0.15) is 11.4 Å². The third-order valence-corrected chi connectivity index (χ3v) is 4.71. The van der Waals surface area contributed by atoms with Gasteiger partial charge in [-0.25, -0.2) is 4.98 Å². The van der Waals surface area contributed by atoms with Crippen molar-refractivity contribution in [2.75, 3.05) is 0 Å². The minimum atomic E-state index is -4.73. The maximum atomic E-state index is 12.3. The Labute approximate surface area is 161 Å². The molecule has 0 amide bonds. The Morgan fingerprint density at radius 2 is 1.86 bits per heavy atom. The number of halogens is 3. The number of nitrogens with zero attached hydrogens (tertiary/aromatic N) is 6. The second-order valence-corrected chi connectivity index (χ2v) is 6.85. The van der Waals surface area contributed by atoms with Crippen molar-refractivity contribution < 1.29 is 17.9 Å². The van der Waals surface area contributed by atoms with Crippen molar-refractivity contribution in [3.63, 3.8) is 0 Å². The van der Waals surface area contributed by atoms with Gasteiger partial charge in [0.15, 0.2) is 0 Å². The van der Waals surface area contributed by atoms with Crippen LogP contribution in [0.2, 0.25) is 0 Å². The van der Waals surface area contributed by atoms with Gasteiger partial charge >= 0.3 is 6.36 Å². The SMILES string of the molecule is Cc1ccc2nc(CSc3nnnn3-c3ccc(OC(F)(F)F)cc3)cn2c1. The van der Waals surface area contributed by atoms with Crippen molar-refractivity contribution in [3.8, 4) is 11.4 Å². The van der Waals surface area contributed by atoms with Crippen LogP contribution >= 0.6 is 11.8 Å². The lowest BCUT2D eigenvalue weighted by Gasteiger charge is -2.09. The Morgan fingerprint density at radius 1 is 1.07 bits per heavy atom. The number of imidazole rings is 1. The molecule has 0 aliphatic rings. The number of ether oxygens (including phenoxy) is 1. The molecule has 0 aliphatic carbocycles. The van der Waals surface area contributed by atoms with Crippen LogP contribution in [-0.4, -0.2) is 36.0 Å². The van der Waals surface area contributed by atoms with Crippen LogP contribution in [0.1, 0.15) is 11.3 Å². The standard InChI is InChI=1S/C17H13F3N6OS/c1-11-2-7-15-21-12(9-25(15)8-11)10-28-16-22-23-24-26(16)13-3-5-14(6-4-13)27-17(18,19)20/h2-9H,10H2,1H3. The number of aryl methyl sites for hydroxylation is 1. The number of rotatable bonds is 5. The Morgan fingerprint density at radius 3 is 2.61 bits per heavy atom. The molecular weight excluding hydrogens is 393 g/mol. The maximum Gasteiger partial charge on any atom is 0.573 e. The van der Waals surface area contributed by atoms with Gasteiger partial charge in [-0.2, -0.15) is 4.68 Å². The van der Waals surface area contributed by atoms with E-state index in [0.29, 0.717) is 16.6 Å². The molecule has 0 aliphatic heterocycles. The Kier molecular flexibility index (Phi) is 4.67. The summed E-state index contributed by atoms with van der Waals surface area (Å²) in [6.07, 6.45) is -0.804. The first-order chi connectivity index (χ1) is 13.4. The lowest BCUT2D eigenvalue weighted by Crippen LogP contribution is -2.17. The maximum absolute atomic E-state index is 12.3. The van der Waals surface area contributed by atoms with E-state index < -0.39 is 6.36 Å². The van der Waals surface area contributed by atoms with Gasteiger partial charge in [-0.3, -0.25) is 0 Å². The number of fused-ring (bicyclic) bond motifs is 1. The normalized spacial score (nSPS) is 11.9. The highest BCUT2D eigenvalue weighted by Crippen LogP contribution is 2.26. The molecule has 0 saturated carbocycles. The molecule has 4 aromatic rings. The minimum absolute atomic E-state index is 0.307. The van der Waals surface area contributed by atoms with E-state index in [2.05, 4.69) is 25.2 Å². The Bertz CT molecular complexity index is 1110. The summed E-state index contributed by atoms with van der Waals surface area (Å²) in [5.74, 6) is 0.231. The highest BCUT2D eigenvalue weighted by atomic mass is 32.2. The second kappa shape index (κ2) is 7.15. The number of hydrogen-bond donors (Lipinski definition) is 0. The van der Waals surface area contributed by atoms with Gasteiger partial charge in [0.05, 0.1) is 11.4 Å². The molecule has 0 radical (unpaired) electrons. The van der Waals surface area contributed by atoms with Crippen LogP contribution in [0.3, 0.4) is 0 Å². The van der Waals surface area contributed by atoms with Crippen LogP contribution < -0.4 is 4.74 Å². The van der Waals surface area contributed by atoms with E-state index in [1.54, 1.807) is 0 Å². The van der Waals surface area contributed by atoms with Gasteiger partial charge < -0.3 is 9.14 Å². The lowest BCUT2D eigenvalue weighted by atomic mass is 10.3. The second-order valence-electron chi connectivity index (χ2n) is 5.91. The summed E-state index contributed by atoms with van der Waals surface area (Å²) in [5, 5.41) is 12.0. The van der Waals surface area contributed by atoms with Gasteiger partial charge in [0.25, 0.3) is 0 Å². The lowest BCUT2D eigenvalue weighted by molar-refractivity contribution is -0.274. The number of alkyl halides is 3. The highest BCUT2D eigenvalue weighted by Gasteiger charge is 2.31. The van der Waals surface area contributed by atoms with Crippen LogP contribution in [0.5, 0.6) is 5.75 Å². The molecule has 0 saturated heterocycles. The van der Waals surface area contributed by atoms with Crippen molar-refractivity contribution in [1.82, 2.24) is 29.6 Å². The van der Waals surface area contributed by atoms with E-state index in [-0.39, 0.29) is 5.75 Å². The van der Waals surface area contributed by atoms with Crippen molar-refractivity contribution in [2.45, 2.75) is 24.2 Å². The van der Waals surface area contributed by atoms with Crippen molar-refractivity contribution >= 4 is 17.4 Å². The van der Waals surface area contributed by atoms with Crippen LogP contribution in [0.4, 0.5) is 13.2 Å². The molecule has 28 heavy (non-hydrogen) atoms. The number of benzene rings is 1. The number of aromatic nitrogens is 6. The van der Waals surface area contributed by atoms with Gasteiger partial charge in [0.2, 0.25) is 5.16 Å². The molecule has 0 bridgehead atoms. The summed E-state index contributed by atoms with van der Waals surface area (Å²) in [4.78, 5) is 4.54. The highest BCUT2D eigenvalue weighted by molar-refractivity contribution is 7.98. The topological polar surface area (TPSA) is 70.1 Å². The quantitative estimate of drug-likeness (QED) is 0.470. The molecular formula is C17H13F3N6OS. The van der Waals surface area contributed by atoms with Crippen LogP contribution in [0.25, 0.3) is 11.3 Å². The first-order valence-electron chi connectivity index (χ1n) is 8.09. The van der Waals surface area contributed by atoms with Gasteiger partial charge in [-0.1, -0.05) is 17.8 Å². The molecule has 7 nitrogen and oxygen atoms in total. The van der Waals surface area contributed by atoms with Gasteiger partial charge in [0, 0.05) is 18.1 Å². The van der Waals surface area contributed by atoms with Crippen molar-refractivity contribution in [2.24, 2.45) is 0 Å². The average molecular weight is 406 g/mol. The molecule has 1 aromatic carbocycles. The Balaban J connectivity index is 1.49. The summed E-state index contributed by atoms with van der Waals surface area (Å²) in [7, 11) is 0. The molecule has 4 rings (SSSR count). The van der Waals surface area contributed by atoms with E-state index in [4.69, 9.17) is 0 Å². The van der Waals surface area contributed by atoms with Crippen molar-refractivity contribution in [1.29, 1.82) is 0 Å². The smallest absolute Gasteiger partial charge is 0.406 e. The fourth-order valence-electron chi connectivity index (χ4n) is 2.58. The van der Waals surface area contributed by atoms with Gasteiger partial charge in [-0.05, 0) is 53.2 Å². The number of hydrogen-bond acceptors (Lipinski definition) is 6. The zero-order chi connectivity index (χ0) is 19.7. The summed E-state index contributed by atoms with van der Waals surface area (Å²) < 4.78 is 44.1. The van der Waals surface area contributed by atoms with Crippen LogP contribution in [0, 0.1) is 6.92 Å². The molecule has 144 valence electrons. The molecule has 3 aromatic heterocycles. The Hall–Kier alpha value is -3.08. The predicted octanol–water partition coefficient (Wildman–Crippen LogP) is 3.81. The molecule has 0 fully saturated rings. The van der Waals surface area contributed by atoms with Crippen LogP contribution in [0.15, 0.2) is 53.9 Å². The molecule has 0 unspecified atom stereocenters. The fourth-order valence-corrected chi connectivity index (χ4v) is 3.36. The third-order valence-electron chi connectivity index (χ3n) is 3.75. The zero-order valence-electron chi connectivity index (χ0n) is 14.5. The summed E-state index contributed by atoms with van der Waals surface area (Å²) >= 11 is 1.38. The largest absolute Gasteiger partial charge is 0.573 e. The number of thioether (sulfide) groups is 1. The van der Waals surface area contributed by atoms with E-state index in [9.17, 15) is 13.2 Å². The molecule has 0 spiro atoms. The average Bonchev–Trinajstić information content (AvgIpc) is 3.25. The molecule has 0 atom stereocenters. The summed E-state index contributed by atoms with van der Waals surface area (Å²) in [6.45, 7) is 2.01.